The van der Waals surface area contributed by atoms with Gasteiger partial charge in [-0.2, -0.15) is 5.10 Å². The van der Waals surface area contributed by atoms with Crippen LogP contribution in [-0.2, 0) is 22.7 Å². The van der Waals surface area contributed by atoms with Gasteiger partial charge in [0, 0.05) is 42.2 Å². The molecule has 4 N–H and O–H groups in total. The van der Waals surface area contributed by atoms with Crippen LogP contribution in [0.15, 0.2) is 36.4 Å². The molecule has 43 heavy (non-hydrogen) atoms. The van der Waals surface area contributed by atoms with Crippen molar-refractivity contribution in [3.63, 3.8) is 0 Å². The first-order valence-corrected chi connectivity index (χ1v) is 14.0. The number of hydrogen-bond acceptors (Lipinski definition) is 5. The molecular formula is C28H29ClF3N7O4. The highest BCUT2D eigenvalue weighted by Crippen LogP contribution is 2.29. The number of carbonyl (C=O) groups is 4. The van der Waals surface area contributed by atoms with E-state index in [1.165, 1.54) is 39.9 Å². The largest absolute Gasteiger partial charge is 0.364 e. The molecule has 2 aromatic carbocycles. The first-order chi connectivity index (χ1) is 20.4. The number of rotatable bonds is 9. The van der Waals surface area contributed by atoms with Crippen LogP contribution in [-0.4, -0.2) is 74.9 Å². The Morgan fingerprint density at radius 2 is 1.93 bits per heavy atom. The van der Waals surface area contributed by atoms with E-state index in [9.17, 15) is 32.3 Å². The lowest BCUT2D eigenvalue weighted by molar-refractivity contribution is -0.137. The summed E-state index contributed by atoms with van der Waals surface area (Å²) in [6.45, 7) is -1.20. The number of piperidine rings is 1. The average molecular weight is 620 g/mol. The SMILES string of the molecule is NC(=O)c1nn(CC(=O)N(CC(=O)NCc2cccc(Cl)c2F)C2CC2)c2ccc(NC(=O)N3CCCC(F)(F)C3)cc12. The minimum Gasteiger partial charge on any atom is -0.364 e. The maximum atomic E-state index is 14.2. The molecule has 0 atom stereocenters. The molecule has 228 valence electrons. The molecule has 5 amide bonds. The van der Waals surface area contributed by atoms with Crippen molar-refractivity contribution in [2.24, 2.45) is 5.73 Å². The minimum atomic E-state index is -2.96. The minimum absolute atomic E-state index is 0.0653. The van der Waals surface area contributed by atoms with Crippen LogP contribution in [0, 0.1) is 5.82 Å². The molecule has 0 unspecified atom stereocenters. The van der Waals surface area contributed by atoms with Crippen LogP contribution in [0.1, 0.15) is 41.7 Å². The molecule has 1 saturated heterocycles. The van der Waals surface area contributed by atoms with Crippen molar-refractivity contribution in [2.45, 2.75) is 50.7 Å². The topological polar surface area (TPSA) is 143 Å². The van der Waals surface area contributed by atoms with E-state index in [2.05, 4.69) is 15.7 Å². The summed E-state index contributed by atoms with van der Waals surface area (Å²) in [6.07, 6.45) is 1.31. The molecule has 0 radical (unpaired) electrons. The highest BCUT2D eigenvalue weighted by molar-refractivity contribution is 6.30. The van der Waals surface area contributed by atoms with Gasteiger partial charge in [0.15, 0.2) is 5.69 Å². The van der Waals surface area contributed by atoms with Gasteiger partial charge >= 0.3 is 6.03 Å². The Morgan fingerprint density at radius 1 is 1.16 bits per heavy atom. The number of likely N-dealkylation sites (tertiary alicyclic amines) is 1. The van der Waals surface area contributed by atoms with Crippen molar-refractivity contribution < 1.29 is 32.3 Å². The normalized spacial score (nSPS) is 16.1. The van der Waals surface area contributed by atoms with E-state index in [0.29, 0.717) is 18.4 Å². The number of hydrogen-bond donors (Lipinski definition) is 3. The molecule has 1 aliphatic carbocycles. The number of nitrogens with zero attached hydrogens (tertiary/aromatic N) is 4. The van der Waals surface area contributed by atoms with Gasteiger partial charge in [0.1, 0.15) is 12.4 Å². The number of benzene rings is 2. The second-order valence-corrected chi connectivity index (χ2v) is 11.1. The maximum absolute atomic E-state index is 14.2. The molecule has 3 aromatic rings. The Hall–Kier alpha value is -4.33. The lowest BCUT2D eigenvalue weighted by atomic mass is 10.1. The predicted molar refractivity (Wildman–Crippen MR) is 151 cm³/mol. The third-order valence-electron chi connectivity index (χ3n) is 7.33. The summed E-state index contributed by atoms with van der Waals surface area (Å²) in [5, 5.41) is 9.56. The second kappa shape index (κ2) is 12.1. The molecule has 1 saturated carbocycles. The third-order valence-corrected chi connectivity index (χ3v) is 7.62. The van der Waals surface area contributed by atoms with E-state index in [4.69, 9.17) is 17.3 Å². The van der Waals surface area contributed by atoms with Gasteiger partial charge in [0.25, 0.3) is 11.8 Å². The van der Waals surface area contributed by atoms with E-state index in [1.807, 2.05) is 0 Å². The number of nitrogens with two attached hydrogens (primary N) is 1. The van der Waals surface area contributed by atoms with Gasteiger partial charge in [0.05, 0.1) is 23.6 Å². The van der Waals surface area contributed by atoms with Gasteiger partial charge in [-0.05, 0) is 43.5 Å². The molecule has 5 rings (SSSR count). The summed E-state index contributed by atoms with van der Waals surface area (Å²) in [5.41, 5.74) is 6.18. The van der Waals surface area contributed by atoms with E-state index in [0.717, 1.165) is 4.90 Å². The molecule has 2 heterocycles. The predicted octanol–water partition coefficient (Wildman–Crippen LogP) is 3.50. The van der Waals surface area contributed by atoms with Crippen molar-refractivity contribution in [1.82, 2.24) is 24.9 Å². The number of amides is 5. The Bertz CT molecular complexity index is 1590. The monoisotopic (exact) mass is 619 g/mol. The fourth-order valence-electron chi connectivity index (χ4n) is 5.02. The van der Waals surface area contributed by atoms with Crippen molar-refractivity contribution in [2.75, 3.05) is 25.0 Å². The number of primary amides is 1. The van der Waals surface area contributed by atoms with Gasteiger partial charge < -0.3 is 26.2 Å². The van der Waals surface area contributed by atoms with Crippen molar-refractivity contribution in [1.29, 1.82) is 0 Å². The highest BCUT2D eigenvalue weighted by atomic mass is 35.5. The zero-order valence-corrected chi connectivity index (χ0v) is 23.7. The first kappa shape index (κ1) is 30.1. The highest BCUT2D eigenvalue weighted by Gasteiger charge is 2.37. The molecule has 15 heteroatoms. The summed E-state index contributed by atoms with van der Waals surface area (Å²) < 4.78 is 43.0. The van der Waals surface area contributed by atoms with Gasteiger partial charge in [-0.15, -0.1) is 0 Å². The molecule has 0 spiro atoms. The summed E-state index contributed by atoms with van der Waals surface area (Å²) in [7, 11) is 0. The molecule has 1 aromatic heterocycles. The van der Waals surface area contributed by atoms with E-state index in [-0.39, 0.29) is 72.4 Å². The average Bonchev–Trinajstić information content (AvgIpc) is 3.73. The number of urea groups is 1. The van der Waals surface area contributed by atoms with Gasteiger partial charge in [-0.25, -0.2) is 18.0 Å². The van der Waals surface area contributed by atoms with Crippen LogP contribution in [0.5, 0.6) is 0 Å². The molecule has 2 fully saturated rings. The van der Waals surface area contributed by atoms with Crippen molar-refractivity contribution in [3.05, 3.63) is 58.5 Å². The molecule has 0 bridgehead atoms. The van der Waals surface area contributed by atoms with Crippen LogP contribution in [0.25, 0.3) is 10.9 Å². The molecule has 1 aliphatic heterocycles. The van der Waals surface area contributed by atoms with Crippen LogP contribution >= 0.6 is 11.6 Å². The quantitative estimate of drug-likeness (QED) is 0.336. The van der Waals surface area contributed by atoms with Gasteiger partial charge in [-0.1, -0.05) is 23.7 Å². The van der Waals surface area contributed by atoms with Crippen LogP contribution < -0.4 is 16.4 Å². The Labute approximate surface area is 249 Å². The van der Waals surface area contributed by atoms with E-state index in [1.54, 1.807) is 6.07 Å². The van der Waals surface area contributed by atoms with E-state index >= 15 is 0 Å². The smallest absolute Gasteiger partial charge is 0.322 e. The summed E-state index contributed by atoms with van der Waals surface area (Å²) in [6, 6.07) is 8.05. The number of nitrogens with one attached hydrogen (secondary N) is 2. The lowest BCUT2D eigenvalue weighted by Gasteiger charge is -2.32. The Kier molecular flexibility index (Phi) is 8.49. The standard InChI is InChI=1S/C28H29ClF3N7O4/c29-20-4-1-3-16(24(20)30)12-34-22(40)13-38(18-6-7-18)23(41)14-39-21-8-5-17(11-19(21)25(36-39)26(33)42)35-27(43)37-10-2-9-28(31,32)15-37/h1,3-5,8,11,18H,2,6-7,9-10,12-15H2,(H2,33,42)(H,34,40)(H,35,43). The molecular weight excluding hydrogens is 591 g/mol. The summed E-state index contributed by atoms with van der Waals surface area (Å²) in [4.78, 5) is 53.2. The van der Waals surface area contributed by atoms with Crippen molar-refractivity contribution in [3.8, 4) is 0 Å². The van der Waals surface area contributed by atoms with E-state index < -0.39 is 42.0 Å². The second-order valence-electron chi connectivity index (χ2n) is 10.7. The number of carbonyl (C=O) groups excluding carboxylic acids is 4. The zero-order valence-electron chi connectivity index (χ0n) is 22.9. The third kappa shape index (κ3) is 7.01. The van der Waals surface area contributed by atoms with Crippen LogP contribution in [0.4, 0.5) is 23.7 Å². The fraction of sp³-hybridized carbons (Fsp3) is 0.393. The summed E-state index contributed by atoms with van der Waals surface area (Å²) >= 11 is 5.79. The number of halogens is 4. The lowest BCUT2D eigenvalue weighted by Crippen LogP contribution is -2.47. The number of anilines is 1. The number of aromatic nitrogens is 2. The van der Waals surface area contributed by atoms with Gasteiger partial charge in [0.2, 0.25) is 11.8 Å². The van der Waals surface area contributed by atoms with Crippen molar-refractivity contribution >= 4 is 51.9 Å². The number of fused-ring (bicyclic) bond motifs is 1. The Morgan fingerprint density at radius 3 is 2.63 bits per heavy atom. The molecule has 2 aliphatic rings. The molecule has 11 nitrogen and oxygen atoms in total. The van der Waals surface area contributed by atoms with Crippen LogP contribution in [0.2, 0.25) is 5.02 Å². The Balaban J connectivity index is 1.28. The fourth-order valence-corrected chi connectivity index (χ4v) is 5.21. The summed E-state index contributed by atoms with van der Waals surface area (Å²) in [5.74, 6) is -5.39. The van der Waals surface area contributed by atoms with Gasteiger partial charge in [-0.3, -0.25) is 19.1 Å². The maximum Gasteiger partial charge on any atom is 0.322 e. The first-order valence-electron chi connectivity index (χ1n) is 13.6. The number of alkyl halides is 2. The zero-order chi connectivity index (χ0) is 30.9. The van der Waals surface area contributed by atoms with Crippen LogP contribution in [0.3, 0.4) is 0 Å².